The Bertz CT molecular complexity index is 514. The van der Waals surface area contributed by atoms with Crippen LogP contribution in [-0.2, 0) is 23.3 Å². The lowest BCUT2D eigenvalue weighted by atomic mass is 9.93. The second-order valence-corrected chi connectivity index (χ2v) is 7.46. The molecule has 112 valence electrons. The molecule has 1 amide bonds. The fourth-order valence-corrected chi connectivity index (χ4v) is 2.68. The molecule has 1 aromatic rings. The molecule has 0 bridgehead atoms. The number of rotatable bonds is 2. The van der Waals surface area contributed by atoms with Crippen LogP contribution in [0.15, 0.2) is 6.20 Å². The van der Waals surface area contributed by atoms with E-state index in [4.69, 9.17) is 11.6 Å². The Morgan fingerprint density at radius 2 is 2.00 bits per heavy atom. The largest absolute Gasteiger partial charge is 0.337 e. The molecule has 0 atom stereocenters. The summed E-state index contributed by atoms with van der Waals surface area (Å²) in [7, 11) is 0. The molecule has 0 N–H and O–H groups in total. The van der Waals surface area contributed by atoms with Gasteiger partial charge in [0.15, 0.2) is 0 Å². The number of fused-ring (bicyclic) bond motifs is 1. The van der Waals surface area contributed by atoms with E-state index in [0.29, 0.717) is 12.4 Å². The van der Waals surface area contributed by atoms with Crippen LogP contribution in [0.3, 0.4) is 0 Å². The van der Waals surface area contributed by atoms with Gasteiger partial charge in [-0.15, -0.1) is 11.6 Å². The van der Waals surface area contributed by atoms with E-state index < -0.39 is 5.41 Å². The number of hydrogen-bond donors (Lipinski definition) is 0. The maximum absolute atomic E-state index is 12.5. The summed E-state index contributed by atoms with van der Waals surface area (Å²) in [6, 6.07) is 0. The minimum absolute atomic E-state index is 0.0187. The minimum atomic E-state index is -0.501. The van der Waals surface area contributed by atoms with Crippen molar-refractivity contribution in [3.63, 3.8) is 0 Å². The van der Waals surface area contributed by atoms with E-state index in [0.717, 1.165) is 18.5 Å². The third-order valence-electron chi connectivity index (χ3n) is 3.77. The molecular weight excluding hydrogens is 274 g/mol. The molecule has 2 heterocycles. The maximum atomic E-state index is 12.5. The number of carbonyl (C=O) groups excluding carboxylic acids is 1. The van der Waals surface area contributed by atoms with Gasteiger partial charge in [0.25, 0.3) is 0 Å². The molecule has 1 aromatic heterocycles. The highest BCUT2D eigenvalue weighted by atomic mass is 35.5. The monoisotopic (exact) mass is 297 g/mol. The molecule has 20 heavy (non-hydrogen) atoms. The highest BCUT2D eigenvalue weighted by Gasteiger charge is 2.34. The summed E-state index contributed by atoms with van der Waals surface area (Å²) in [6.45, 7) is 11.6. The highest BCUT2D eigenvalue weighted by molar-refractivity contribution is 6.19. The summed E-state index contributed by atoms with van der Waals surface area (Å²) in [5, 5.41) is 4.50. The maximum Gasteiger partial charge on any atom is 0.229 e. The summed E-state index contributed by atoms with van der Waals surface area (Å²) < 4.78 is 2.08. The van der Waals surface area contributed by atoms with Crippen molar-refractivity contribution in [2.75, 3.05) is 12.4 Å². The average Bonchev–Trinajstić information content (AvgIpc) is 2.80. The second kappa shape index (κ2) is 5.06. The number of hydrogen-bond acceptors (Lipinski definition) is 2. The van der Waals surface area contributed by atoms with E-state index in [1.54, 1.807) is 0 Å². The van der Waals surface area contributed by atoms with E-state index in [2.05, 4.69) is 30.6 Å². The Labute approximate surface area is 126 Å². The SMILES string of the molecule is CC(C)(CCl)C(=O)N1CCc2c(cnn2C(C)(C)C)C1. The van der Waals surface area contributed by atoms with Crippen molar-refractivity contribution in [3.05, 3.63) is 17.5 Å². The summed E-state index contributed by atoms with van der Waals surface area (Å²) >= 11 is 5.91. The van der Waals surface area contributed by atoms with Gasteiger partial charge in [-0.2, -0.15) is 5.10 Å². The number of amides is 1. The molecule has 1 aliphatic rings. The zero-order valence-electron chi connectivity index (χ0n) is 13.0. The third kappa shape index (κ3) is 2.71. The smallest absolute Gasteiger partial charge is 0.229 e. The number of alkyl halides is 1. The number of carbonyl (C=O) groups is 1. The van der Waals surface area contributed by atoms with Crippen LogP contribution < -0.4 is 0 Å². The predicted octanol–water partition coefficient (Wildman–Crippen LogP) is 2.79. The standard InChI is InChI=1S/C15H24ClN3O/c1-14(2,3)19-12-6-7-18(9-11(12)8-17-19)13(20)15(4,5)10-16/h8H,6-7,9-10H2,1-5H3. The minimum Gasteiger partial charge on any atom is -0.337 e. The van der Waals surface area contributed by atoms with Crippen molar-refractivity contribution in [2.24, 2.45) is 5.41 Å². The molecule has 5 heteroatoms. The number of aromatic nitrogens is 2. The molecule has 0 fully saturated rings. The van der Waals surface area contributed by atoms with Gasteiger partial charge in [-0.1, -0.05) is 0 Å². The van der Waals surface area contributed by atoms with Crippen molar-refractivity contribution in [1.82, 2.24) is 14.7 Å². The number of nitrogens with zero attached hydrogens (tertiary/aromatic N) is 3. The Kier molecular flexibility index (Phi) is 3.89. The summed E-state index contributed by atoms with van der Waals surface area (Å²) in [6.07, 6.45) is 2.75. The topological polar surface area (TPSA) is 38.1 Å². The lowest BCUT2D eigenvalue weighted by Gasteiger charge is -2.34. The van der Waals surface area contributed by atoms with Gasteiger partial charge >= 0.3 is 0 Å². The molecule has 0 aliphatic carbocycles. The van der Waals surface area contributed by atoms with Crippen LogP contribution in [0.25, 0.3) is 0 Å². The van der Waals surface area contributed by atoms with Crippen molar-refractivity contribution >= 4 is 17.5 Å². The van der Waals surface area contributed by atoms with Crippen molar-refractivity contribution < 1.29 is 4.79 Å². The highest BCUT2D eigenvalue weighted by Crippen LogP contribution is 2.28. The normalized spacial score (nSPS) is 16.2. The Hall–Kier alpha value is -1.03. The van der Waals surface area contributed by atoms with Gasteiger partial charge in [0.05, 0.1) is 17.2 Å². The van der Waals surface area contributed by atoms with Crippen molar-refractivity contribution in [1.29, 1.82) is 0 Å². The van der Waals surface area contributed by atoms with E-state index >= 15 is 0 Å². The molecular formula is C15H24ClN3O. The average molecular weight is 298 g/mol. The molecule has 2 rings (SSSR count). The summed E-state index contributed by atoms with van der Waals surface area (Å²) in [5.41, 5.74) is 1.89. The van der Waals surface area contributed by atoms with Gasteiger partial charge in [-0.3, -0.25) is 9.48 Å². The summed E-state index contributed by atoms with van der Waals surface area (Å²) in [5.74, 6) is 0.470. The lowest BCUT2D eigenvalue weighted by Crippen LogP contribution is -2.44. The Balaban J connectivity index is 2.21. The second-order valence-electron chi connectivity index (χ2n) is 7.19. The van der Waals surface area contributed by atoms with E-state index in [1.807, 2.05) is 24.9 Å². The van der Waals surface area contributed by atoms with Crippen molar-refractivity contribution in [2.45, 2.75) is 53.1 Å². The van der Waals surface area contributed by atoms with Gasteiger partial charge in [-0.25, -0.2) is 0 Å². The zero-order valence-corrected chi connectivity index (χ0v) is 13.8. The van der Waals surface area contributed by atoms with Crippen LogP contribution in [0.2, 0.25) is 0 Å². The zero-order chi connectivity index (χ0) is 15.1. The van der Waals surface area contributed by atoms with Crippen molar-refractivity contribution in [3.8, 4) is 0 Å². The Morgan fingerprint density at radius 3 is 2.55 bits per heavy atom. The number of halogens is 1. The third-order valence-corrected chi connectivity index (χ3v) is 4.44. The first-order chi connectivity index (χ1) is 9.16. The summed E-state index contributed by atoms with van der Waals surface area (Å²) in [4.78, 5) is 14.4. The van der Waals surface area contributed by atoms with E-state index in [9.17, 15) is 4.79 Å². The molecule has 0 unspecified atom stereocenters. The van der Waals surface area contributed by atoms with Gasteiger partial charge in [0.1, 0.15) is 0 Å². The van der Waals surface area contributed by atoms with Crippen LogP contribution >= 0.6 is 11.6 Å². The van der Waals surface area contributed by atoms with E-state index in [1.165, 1.54) is 5.69 Å². The van der Waals surface area contributed by atoms with Gasteiger partial charge < -0.3 is 4.90 Å². The van der Waals surface area contributed by atoms with Gasteiger partial charge in [-0.05, 0) is 34.6 Å². The predicted molar refractivity (Wildman–Crippen MR) is 80.8 cm³/mol. The molecule has 0 aromatic carbocycles. The fourth-order valence-electron chi connectivity index (χ4n) is 2.57. The lowest BCUT2D eigenvalue weighted by molar-refractivity contribution is -0.140. The first kappa shape index (κ1) is 15.4. The fraction of sp³-hybridized carbons (Fsp3) is 0.733. The van der Waals surface area contributed by atoms with Crippen LogP contribution in [-0.4, -0.2) is 33.0 Å². The molecule has 0 saturated heterocycles. The molecule has 1 aliphatic heterocycles. The van der Waals surface area contributed by atoms with Gasteiger partial charge in [0, 0.05) is 36.6 Å². The Morgan fingerprint density at radius 1 is 1.35 bits per heavy atom. The first-order valence-electron chi connectivity index (χ1n) is 7.08. The molecule has 0 spiro atoms. The van der Waals surface area contributed by atoms with Crippen LogP contribution in [0.1, 0.15) is 45.9 Å². The molecule has 0 saturated carbocycles. The molecule has 0 radical (unpaired) electrons. The van der Waals surface area contributed by atoms with Gasteiger partial charge in [0.2, 0.25) is 5.91 Å². The quantitative estimate of drug-likeness (QED) is 0.787. The van der Waals surface area contributed by atoms with Crippen LogP contribution in [0.5, 0.6) is 0 Å². The van der Waals surface area contributed by atoms with Crippen LogP contribution in [0.4, 0.5) is 0 Å². The van der Waals surface area contributed by atoms with E-state index in [-0.39, 0.29) is 11.4 Å². The molecule has 4 nitrogen and oxygen atoms in total. The van der Waals surface area contributed by atoms with Crippen LogP contribution in [0, 0.1) is 5.41 Å². The first-order valence-corrected chi connectivity index (χ1v) is 7.62.